The van der Waals surface area contributed by atoms with E-state index in [1.165, 1.54) is 12.1 Å². The molecule has 3 N–H and O–H groups in total. The minimum Gasteiger partial charge on any atom is -0.480 e. The molecule has 37 heavy (non-hydrogen) atoms. The predicted octanol–water partition coefficient (Wildman–Crippen LogP) is 4.69. The molecule has 1 unspecified atom stereocenters. The Kier molecular flexibility index (Phi) is 11.8. The Hall–Kier alpha value is -3.14. The molecule has 0 spiro atoms. The van der Waals surface area contributed by atoms with E-state index in [1.807, 2.05) is 13.8 Å². The van der Waals surface area contributed by atoms with E-state index >= 15 is 0 Å². The Morgan fingerprint density at radius 3 is 2.16 bits per heavy atom. The van der Waals surface area contributed by atoms with Crippen LogP contribution in [0.4, 0.5) is 4.79 Å². The van der Waals surface area contributed by atoms with Crippen LogP contribution in [0.5, 0.6) is 11.5 Å². The molecule has 1 aromatic rings. The number of esters is 2. The van der Waals surface area contributed by atoms with Crippen molar-refractivity contribution in [2.75, 3.05) is 0 Å². The number of ether oxygens (including phenoxy) is 4. The van der Waals surface area contributed by atoms with Crippen LogP contribution in [0.3, 0.4) is 0 Å². The second-order valence-corrected chi connectivity index (χ2v) is 9.63. The zero-order valence-electron chi connectivity index (χ0n) is 22.0. The first-order valence-electron chi connectivity index (χ1n) is 13.0. The molecule has 0 amide bonds. The minimum absolute atomic E-state index is 0.00787. The van der Waals surface area contributed by atoms with Crippen LogP contribution in [0.1, 0.15) is 90.5 Å². The molecule has 2 atom stereocenters. The van der Waals surface area contributed by atoms with Crippen molar-refractivity contribution in [2.45, 2.75) is 109 Å². The molecule has 1 aliphatic carbocycles. The molecule has 1 fully saturated rings. The minimum atomic E-state index is -1.80. The molecule has 0 aromatic heterocycles. The van der Waals surface area contributed by atoms with Crippen molar-refractivity contribution in [1.82, 2.24) is 0 Å². The number of carboxylic acid groups (broad SMARTS) is 1. The summed E-state index contributed by atoms with van der Waals surface area (Å²) < 4.78 is 21.4. The van der Waals surface area contributed by atoms with Crippen molar-refractivity contribution in [3.63, 3.8) is 0 Å². The van der Waals surface area contributed by atoms with Crippen molar-refractivity contribution >= 4 is 24.1 Å². The molecule has 206 valence electrons. The average Bonchev–Trinajstić information content (AvgIpc) is 2.81. The molecule has 0 aliphatic heterocycles. The van der Waals surface area contributed by atoms with E-state index in [1.54, 1.807) is 13.0 Å². The van der Waals surface area contributed by atoms with Gasteiger partial charge >= 0.3 is 24.1 Å². The van der Waals surface area contributed by atoms with Gasteiger partial charge in [0.25, 0.3) is 0 Å². The molecular weight excluding hydrogens is 482 g/mol. The van der Waals surface area contributed by atoms with Crippen LogP contribution >= 0.6 is 0 Å². The smallest absolute Gasteiger partial charge is 0.480 e. The average molecular weight is 522 g/mol. The highest BCUT2D eigenvalue weighted by Gasteiger charge is 2.37. The van der Waals surface area contributed by atoms with Gasteiger partial charge < -0.3 is 29.8 Å². The SMILES string of the molecule is CCCC(=O)Oc1ccc(CC(N)(C[C@H](C)OC(=O)OC2CCCCC2)C(=O)O)cc1OC(=O)CCC. The summed E-state index contributed by atoms with van der Waals surface area (Å²) in [6, 6.07) is 4.44. The van der Waals surface area contributed by atoms with Gasteiger partial charge in [0.15, 0.2) is 11.5 Å². The molecule has 10 heteroatoms. The zero-order chi connectivity index (χ0) is 27.4. The summed E-state index contributed by atoms with van der Waals surface area (Å²) in [4.78, 5) is 48.5. The van der Waals surface area contributed by atoms with E-state index in [0.29, 0.717) is 18.4 Å². The Labute approximate surface area is 217 Å². The van der Waals surface area contributed by atoms with Gasteiger partial charge in [0.1, 0.15) is 17.7 Å². The molecule has 0 saturated heterocycles. The maximum atomic E-state index is 12.2. The summed E-state index contributed by atoms with van der Waals surface area (Å²) in [5.41, 5.74) is 4.91. The third-order valence-electron chi connectivity index (χ3n) is 6.07. The number of benzene rings is 1. The van der Waals surface area contributed by atoms with Crippen molar-refractivity contribution in [3.05, 3.63) is 23.8 Å². The summed E-state index contributed by atoms with van der Waals surface area (Å²) in [5, 5.41) is 9.90. The number of carboxylic acids is 1. The maximum Gasteiger partial charge on any atom is 0.508 e. The van der Waals surface area contributed by atoms with Gasteiger partial charge in [-0.25, -0.2) is 4.79 Å². The molecule has 0 radical (unpaired) electrons. The van der Waals surface area contributed by atoms with Crippen LogP contribution in [0.25, 0.3) is 0 Å². The molecule has 1 saturated carbocycles. The first-order valence-corrected chi connectivity index (χ1v) is 13.0. The van der Waals surface area contributed by atoms with Gasteiger partial charge in [-0.15, -0.1) is 0 Å². The van der Waals surface area contributed by atoms with Gasteiger partial charge in [-0.2, -0.15) is 0 Å². The number of nitrogens with two attached hydrogens (primary N) is 1. The highest BCUT2D eigenvalue weighted by Crippen LogP contribution is 2.32. The lowest BCUT2D eigenvalue weighted by Gasteiger charge is -2.28. The number of carbonyl (C=O) groups excluding carboxylic acids is 3. The van der Waals surface area contributed by atoms with E-state index in [4.69, 9.17) is 24.7 Å². The van der Waals surface area contributed by atoms with Crippen molar-refractivity contribution in [1.29, 1.82) is 0 Å². The number of hydrogen-bond acceptors (Lipinski definition) is 9. The van der Waals surface area contributed by atoms with E-state index in [0.717, 1.165) is 32.1 Å². The van der Waals surface area contributed by atoms with E-state index < -0.39 is 35.7 Å². The van der Waals surface area contributed by atoms with E-state index in [9.17, 15) is 24.3 Å². The lowest BCUT2D eigenvalue weighted by molar-refractivity contribution is -0.145. The fourth-order valence-electron chi connectivity index (χ4n) is 4.25. The molecule has 1 aliphatic rings. The zero-order valence-corrected chi connectivity index (χ0v) is 22.0. The quantitative estimate of drug-likeness (QED) is 0.276. The summed E-state index contributed by atoms with van der Waals surface area (Å²) >= 11 is 0. The van der Waals surface area contributed by atoms with Gasteiger partial charge in [0.05, 0.1) is 0 Å². The van der Waals surface area contributed by atoms with Crippen LogP contribution in [0.15, 0.2) is 18.2 Å². The fraction of sp³-hybridized carbons (Fsp3) is 0.630. The van der Waals surface area contributed by atoms with Crippen LogP contribution < -0.4 is 15.2 Å². The lowest BCUT2D eigenvalue weighted by atomic mass is 9.86. The Balaban J connectivity index is 2.14. The highest BCUT2D eigenvalue weighted by atomic mass is 16.7. The second kappa shape index (κ2) is 14.6. The standard InChI is InChI=1S/C27H39NO9/c1-4-9-23(29)36-21-14-13-19(15-22(21)37-24(30)10-5-2)17-27(28,25(31)32)16-18(3)34-26(33)35-20-11-7-6-8-12-20/h13-15,18,20H,4-12,16-17,28H2,1-3H3,(H,31,32)/t18-,27?/m0/s1. The third-order valence-corrected chi connectivity index (χ3v) is 6.07. The Morgan fingerprint density at radius 1 is 1.00 bits per heavy atom. The van der Waals surface area contributed by atoms with Crippen molar-refractivity contribution in [3.8, 4) is 11.5 Å². The van der Waals surface area contributed by atoms with Gasteiger partial charge in [-0.05, 0) is 63.1 Å². The van der Waals surface area contributed by atoms with Crippen LogP contribution in [-0.2, 0) is 30.3 Å². The molecule has 10 nitrogen and oxygen atoms in total. The maximum absolute atomic E-state index is 12.2. The van der Waals surface area contributed by atoms with Gasteiger partial charge in [0.2, 0.25) is 0 Å². The molecule has 0 bridgehead atoms. The van der Waals surface area contributed by atoms with Crippen molar-refractivity contribution in [2.24, 2.45) is 5.73 Å². The predicted molar refractivity (Wildman–Crippen MR) is 134 cm³/mol. The van der Waals surface area contributed by atoms with Gasteiger partial charge in [-0.3, -0.25) is 14.4 Å². The molecule has 1 aromatic carbocycles. The summed E-state index contributed by atoms with van der Waals surface area (Å²) in [6.45, 7) is 5.21. The number of hydrogen-bond donors (Lipinski definition) is 2. The van der Waals surface area contributed by atoms with Gasteiger partial charge in [-0.1, -0.05) is 26.3 Å². The topological polar surface area (TPSA) is 151 Å². The Bertz CT molecular complexity index is 942. The first-order chi connectivity index (χ1) is 17.6. The highest BCUT2D eigenvalue weighted by molar-refractivity contribution is 5.79. The summed E-state index contributed by atoms with van der Waals surface area (Å²) in [6.07, 6.45) is 3.98. The largest absolute Gasteiger partial charge is 0.508 e. The van der Waals surface area contributed by atoms with Crippen molar-refractivity contribution < 1.29 is 43.2 Å². The summed E-state index contributed by atoms with van der Waals surface area (Å²) in [5.74, 6) is -2.21. The number of aliphatic carboxylic acids is 1. The number of carbonyl (C=O) groups is 4. The van der Waals surface area contributed by atoms with Crippen LogP contribution in [0.2, 0.25) is 0 Å². The van der Waals surface area contributed by atoms with Crippen LogP contribution in [-0.4, -0.2) is 46.9 Å². The molecule has 0 heterocycles. The molecule has 2 rings (SSSR count). The van der Waals surface area contributed by atoms with Crippen LogP contribution in [0, 0.1) is 0 Å². The van der Waals surface area contributed by atoms with E-state index in [-0.39, 0.29) is 43.3 Å². The fourth-order valence-corrected chi connectivity index (χ4v) is 4.25. The van der Waals surface area contributed by atoms with E-state index in [2.05, 4.69) is 0 Å². The lowest BCUT2D eigenvalue weighted by Crippen LogP contribution is -2.52. The third kappa shape index (κ3) is 10.0. The number of rotatable bonds is 13. The monoisotopic (exact) mass is 521 g/mol. The molecular formula is C27H39NO9. The first kappa shape index (κ1) is 30.1. The van der Waals surface area contributed by atoms with Gasteiger partial charge in [0, 0.05) is 25.7 Å². The second-order valence-electron chi connectivity index (χ2n) is 9.63. The summed E-state index contributed by atoms with van der Waals surface area (Å²) in [7, 11) is 0. The Morgan fingerprint density at radius 2 is 1.59 bits per heavy atom. The normalized spacial score (nSPS) is 16.2.